The Balaban J connectivity index is 2.27. The minimum Gasteiger partial charge on any atom is -0.423 e. The molecule has 0 unspecified atom stereocenters. The number of esters is 2. The number of halogens is 1. The summed E-state index contributed by atoms with van der Waals surface area (Å²) in [6.07, 6.45) is 0. The van der Waals surface area contributed by atoms with Crippen LogP contribution in [0.25, 0.3) is 11.1 Å². The highest BCUT2D eigenvalue weighted by molar-refractivity contribution is 5.89. The summed E-state index contributed by atoms with van der Waals surface area (Å²) >= 11 is 0. The zero-order valence-electron chi connectivity index (χ0n) is 14.0. The van der Waals surface area contributed by atoms with E-state index in [1.54, 1.807) is 43.3 Å². The van der Waals surface area contributed by atoms with Gasteiger partial charge in [0.1, 0.15) is 5.75 Å². The SMILES string of the molecule is C=C(C)C(=O)Oc1ccc(-c2cccc(OC(=O)C(=C)C)c2F)cc1. The van der Waals surface area contributed by atoms with Crippen LogP contribution in [0, 0.1) is 5.82 Å². The quantitative estimate of drug-likeness (QED) is 0.458. The Morgan fingerprint density at radius 1 is 0.880 bits per heavy atom. The van der Waals surface area contributed by atoms with Crippen LogP contribution in [0.4, 0.5) is 4.39 Å². The number of benzene rings is 2. The van der Waals surface area contributed by atoms with Crippen molar-refractivity contribution >= 4 is 11.9 Å². The number of carbonyl (C=O) groups excluding carboxylic acids is 2. The molecule has 2 aromatic rings. The molecule has 0 saturated heterocycles. The van der Waals surface area contributed by atoms with Gasteiger partial charge in [-0.15, -0.1) is 0 Å². The molecule has 0 saturated carbocycles. The van der Waals surface area contributed by atoms with Crippen LogP contribution >= 0.6 is 0 Å². The molecule has 2 aromatic carbocycles. The molecular weight excluding hydrogens is 323 g/mol. The molecule has 128 valence electrons. The molecule has 0 aliphatic rings. The Hall–Kier alpha value is -3.21. The van der Waals surface area contributed by atoms with Crippen LogP contribution in [-0.4, -0.2) is 11.9 Å². The van der Waals surface area contributed by atoms with Crippen molar-refractivity contribution in [3.8, 4) is 22.6 Å². The summed E-state index contributed by atoms with van der Waals surface area (Å²) < 4.78 is 24.7. The third-order valence-corrected chi connectivity index (χ3v) is 3.24. The Morgan fingerprint density at radius 3 is 2.00 bits per heavy atom. The molecular formula is C20H17FO4. The topological polar surface area (TPSA) is 52.6 Å². The van der Waals surface area contributed by atoms with Gasteiger partial charge in [0.25, 0.3) is 0 Å². The molecule has 0 fully saturated rings. The highest BCUT2D eigenvalue weighted by atomic mass is 19.1. The molecule has 0 heterocycles. The zero-order valence-corrected chi connectivity index (χ0v) is 14.0. The third-order valence-electron chi connectivity index (χ3n) is 3.24. The van der Waals surface area contributed by atoms with E-state index >= 15 is 0 Å². The monoisotopic (exact) mass is 340 g/mol. The van der Waals surface area contributed by atoms with E-state index in [0.29, 0.717) is 11.3 Å². The molecule has 25 heavy (non-hydrogen) atoms. The Kier molecular flexibility index (Phi) is 5.49. The molecule has 0 spiro atoms. The molecule has 5 heteroatoms. The van der Waals surface area contributed by atoms with E-state index in [1.165, 1.54) is 13.0 Å². The van der Waals surface area contributed by atoms with Crippen molar-refractivity contribution in [1.82, 2.24) is 0 Å². The molecule has 4 nitrogen and oxygen atoms in total. The summed E-state index contributed by atoms with van der Waals surface area (Å²) in [6.45, 7) is 9.99. The largest absolute Gasteiger partial charge is 0.423 e. The van der Waals surface area contributed by atoms with Gasteiger partial charge in [-0.2, -0.15) is 0 Å². The van der Waals surface area contributed by atoms with Gasteiger partial charge in [-0.25, -0.2) is 14.0 Å². The van der Waals surface area contributed by atoms with Crippen LogP contribution in [-0.2, 0) is 9.59 Å². The van der Waals surface area contributed by atoms with E-state index < -0.39 is 17.8 Å². The van der Waals surface area contributed by atoms with Crippen molar-refractivity contribution in [3.05, 3.63) is 72.6 Å². The summed E-state index contributed by atoms with van der Waals surface area (Å²) in [4.78, 5) is 23.1. The van der Waals surface area contributed by atoms with E-state index in [0.717, 1.165) is 0 Å². The Labute approximate surface area is 145 Å². The van der Waals surface area contributed by atoms with Gasteiger partial charge < -0.3 is 9.47 Å². The first kappa shape index (κ1) is 18.1. The highest BCUT2D eigenvalue weighted by Gasteiger charge is 2.15. The molecule has 2 rings (SSSR count). The summed E-state index contributed by atoms with van der Waals surface area (Å²) in [5.41, 5.74) is 1.25. The maximum absolute atomic E-state index is 14.6. The maximum atomic E-state index is 14.6. The lowest BCUT2D eigenvalue weighted by molar-refractivity contribution is -0.131. The predicted octanol–water partition coefficient (Wildman–Crippen LogP) is 4.46. The molecule has 0 atom stereocenters. The summed E-state index contributed by atoms with van der Waals surface area (Å²) in [5.74, 6) is -1.75. The minimum absolute atomic E-state index is 0.175. The highest BCUT2D eigenvalue weighted by Crippen LogP contribution is 2.30. The van der Waals surface area contributed by atoms with Gasteiger partial charge in [-0.3, -0.25) is 0 Å². The van der Waals surface area contributed by atoms with Crippen molar-refractivity contribution in [1.29, 1.82) is 0 Å². The summed E-state index contributed by atoms with van der Waals surface area (Å²) in [6, 6.07) is 10.8. The van der Waals surface area contributed by atoms with E-state index in [-0.39, 0.29) is 22.5 Å². The van der Waals surface area contributed by atoms with E-state index in [9.17, 15) is 14.0 Å². The standard InChI is InChI=1S/C20H17FO4/c1-12(2)19(22)24-15-10-8-14(9-11-15)16-6-5-7-17(18(16)21)25-20(23)13(3)4/h5-11H,1,3H2,2,4H3. The van der Waals surface area contributed by atoms with E-state index in [4.69, 9.17) is 9.47 Å². The van der Waals surface area contributed by atoms with Gasteiger partial charge in [0.2, 0.25) is 0 Å². The van der Waals surface area contributed by atoms with Gasteiger partial charge in [0, 0.05) is 16.7 Å². The first-order chi connectivity index (χ1) is 11.8. The molecule has 0 N–H and O–H groups in total. The number of ether oxygens (including phenoxy) is 2. The maximum Gasteiger partial charge on any atom is 0.338 e. The van der Waals surface area contributed by atoms with Crippen molar-refractivity contribution in [2.75, 3.05) is 0 Å². The number of hydrogen-bond acceptors (Lipinski definition) is 4. The minimum atomic E-state index is -0.696. The second-order valence-corrected chi connectivity index (χ2v) is 5.48. The predicted molar refractivity (Wildman–Crippen MR) is 92.7 cm³/mol. The smallest absolute Gasteiger partial charge is 0.338 e. The van der Waals surface area contributed by atoms with Crippen LogP contribution in [0.1, 0.15) is 13.8 Å². The summed E-state index contributed by atoms with van der Waals surface area (Å²) in [7, 11) is 0. The molecule has 0 bridgehead atoms. The van der Waals surface area contributed by atoms with E-state index in [1.807, 2.05) is 0 Å². The van der Waals surface area contributed by atoms with Crippen LogP contribution < -0.4 is 9.47 Å². The normalized spacial score (nSPS) is 10.0. The molecule has 0 aliphatic carbocycles. The van der Waals surface area contributed by atoms with Gasteiger partial charge >= 0.3 is 11.9 Å². The second kappa shape index (κ2) is 7.57. The fraction of sp³-hybridized carbons (Fsp3) is 0.100. The lowest BCUT2D eigenvalue weighted by atomic mass is 10.0. The first-order valence-corrected chi connectivity index (χ1v) is 7.44. The number of carbonyl (C=O) groups is 2. The third kappa shape index (κ3) is 4.41. The fourth-order valence-electron chi connectivity index (χ4n) is 1.90. The van der Waals surface area contributed by atoms with E-state index in [2.05, 4.69) is 13.2 Å². The Morgan fingerprint density at radius 2 is 1.44 bits per heavy atom. The van der Waals surface area contributed by atoms with Crippen LogP contribution in [0.5, 0.6) is 11.5 Å². The molecule has 0 amide bonds. The molecule has 0 aliphatic heterocycles. The van der Waals surface area contributed by atoms with Gasteiger partial charge in [0.05, 0.1) is 0 Å². The van der Waals surface area contributed by atoms with Crippen LogP contribution in [0.15, 0.2) is 66.8 Å². The van der Waals surface area contributed by atoms with Crippen molar-refractivity contribution in [3.63, 3.8) is 0 Å². The van der Waals surface area contributed by atoms with Gasteiger partial charge in [-0.05, 0) is 37.6 Å². The zero-order chi connectivity index (χ0) is 18.6. The summed E-state index contributed by atoms with van der Waals surface area (Å²) in [5, 5.41) is 0. The number of hydrogen-bond donors (Lipinski definition) is 0. The van der Waals surface area contributed by atoms with Crippen LogP contribution in [0.2, 0.25) is 0 Å². The lowest BCUT2D eigenvalue weighted by Gasteiger charge is -2.10. The molecule has 0 radical (unpaired) electrons. The van der Waals surface area contributed by atoms with Crippen molar-refractivity contribution in [2.45, 2.75) is 13.8 Å². The Bertz CT molecular complexity index is 850. The van der Waals surface area contributed by atoms with Crippen molar-refractivity contribution < 1.29 is 23.5 Å². The van der Waals surface area contributed by atoms with Crippen molar-refractivity contribution in [2.24, 2.45) is 0 Å². The van der Waals surface area contributed by atoms with Gasteiger partial charge in [0.15, 0.2) is 11.6 Å². The lowest BCUT2D eigenvalue weighted by Crippen LogP contribution is -2.09. The van der Waals surface area contributed by atoms with Crippen LogP contribution in [0.3, 0.4) is 0 Å². The second-order valence-electron chi connectivity index (χ2n) is 5.48. The fourth-order valence-corrected chi connectivity index (χ4v) is 1.90. The van der Waals surface area contributed by atoms with Gasteiger partial charge in [-0.1, -0.05) is 37.4 Å². The average Bonchev–Trinajstić information content (AvgIpc) is 2.57. The number of rotatable bonds is 5. The molecule has 0 aromatic heterocycles. The first-order valence-electron chi connectivity index (χ1n) is 7.44. The average molecular weight is 340 g/mol.